The molecule has 1 aromatic heterocycles. The van der Waals surface area contributed by atoms with E-state index in [4.69, 9.17) is 9.72 Å². The van der Waals surface area contributed by atoms with Crippen molar-refractivity contribution in [2.24, 2.45) is 0 Å². The van der Waals surface area contributed by atoms with Gasteiger partial charge in [0, 0.05) is 31.6 Å². The van der Waals surface area contributed by atoms with Gasteiger partial charge in [0.15, 0.2) is 0 Å². The molecular formula is C18H26N4O. The first kappa shape index (κ1) is 16.0. The number of hydrogen-bond donors (Lipinski definition) is 1. The van der Waals surface area contributed by atoms with Gasteiger partial charge in [-0.25, -0.2) is 0 Å². The standard InChI is InChI=1S/C18H26N4O/c1-4-12-23-18-20-15-7-5-6-14(13(2)3)16(15)17(21-18)22-10-8-19-9-11-22/h5-7,13,19H,4,8-12H2,1-3H3. The zero-order valence-electron chi connectivity index (χ0n) is 14.3. The molecule has 0 unspecified atom stereocenters. The van der Waals surface area contributed by atoms with Crippen molar-refractivity contribution in [2.75, 3.05) is 37.7 Å². The highest BCUT2D eigenvalue weighted by atomic mass is 16.5. The summed E-state index contributed by atoms with van der Waals surface area (Å²) < 4.78 is 5.73. The number of ether oxygens (including phenoxy) is 1. The number of aromatic nitrogens is 2. The maximum Gasteiger partial charge on any atom is 0.318 e. The zero-order chi connectivity index (χ0) is 16.2. The van der Waals surface area contributed by atoms with E-state index in [0.29, 0.717) is 18.5 Å². The number of nitrogens with zero attached hydrogens (tertiary/aromatic N) is 3. The minimum absolute atomic E-state index is 0.436. The molecule has 1 aromatic carbocycles. The minimum Gasteiger partial charge on any atom is -0.463 e. The van der Waals surface area contributed by atoms with Crippen molar-refractivity contribution in [3.63, 3.8) is 0 Å². The molecule has 1 N–H and O–H groups in total. The van der Waals surface area contributed by atoms with Gasteiger partial charge < -0.3 is 15.0 Å². The Balaban J connectivity index is 2.14. The van der Waals surface area contributed by atoms with E-state index < -0.39 is 0 Å². The molecule has 23 heavy (non-hydrogen) atoms. The van der Waals surface area contributed by atoms with E-state index in [2.05, 4.69) is 54.2 Å². The molecule has 2 heterocycles. The predicted molar refractivity (Wildman–Crippen MR) is 94.5 cm³/mol. The van der Waals surface area contributed by atoms with Crippen LogP contribution in [0.25, 0.3) is 10.9 Å². The summed E-state index contributed by atoms with van der Waals surface area (Å²) in [4.78, 5) is 11.8. The molecule has 124 valence electrons. The topological polar surface area (TPSA) is 50.3 Å². The van der Waals surface area contributed by atoms with Gasteiger partial charge in [-0.15, -0.1) is 0 Å². The molecule has 5 heteroatoms. The van der Waals surface area contributed by atoms with Crippen LogP contribution in [0.1, 0.15) is 38.7 Å². The fourth-order valence-electron chi connectivity index (χ4n) is 3.01. The van der Waals surface area contributed by atoms with E-state index in [-0.39, 0.29) is 0 Å². The van der Waals surface area contributed by atoms with E-state index in [1.165, 1.54) is 10.9 Å². The molecule has 0 aliphatic carbocycles. The van der Waals surface area contributed by atoms with Crippen LogP contribution in [0.3, 0.4) is 0 Å². The largest absolute Gasteiger partial charge is 0.463 e. The van der Waals surface area contributed by atoms with Gasteiger partial charge in [-0.05, 0) is 24.0 Å². The van der Waals surface area contributed by atoms with E-state index in [1.807, 2.05) is 0 Å². The lowest BCUT2D eigenvalue weighted by atomic mass is 9.98. The summed E-state index contributed by atoms with van der Waals surface area (Å²) in [6.07, 6.45) is 0.955. The fourth-order valence-corrected chi connectivity index (χ4v) is 3.01. The van der Waals surface area contributed by atoms with Gasteiger partial charge in [-0.1, -0.05) is 32.9 Å². The van der Waals surface area contributed by atoms with E-state index >= 15 is 0 Å². The van der Waals surface area contributed by atoms with Gasteiger partial charge >= 0.3 is 6.01 Å². The maximum absolute atomic E-state index is 5.73. The first-order valence-corrected chi connectivity index (χ1v) is 8.59. The van der Waals surface area contributed by atoms with Crippen LogP contribution in [0, 0.1) is 0 Å². The third-order valence-electron chi connectivity index (χ3n) is 4.19. The lowest BCUT2D eigenvalue weighted by Gasteiger charge is -2.30. The fraction of sp³-hybridized carbons (Fsp3) is 0.556. The monoisotopic (exact) mass is 314 g/mol. The van der Waals surface area contributed by atoms with Crippen LogP contribution in [-0.4, -0.2) is 42.8 Å². The van der Waals surface area contributed by atoms with E-state index in [0.717, 1.165) is 43.9 Å². The number of hydrogen-bond acceptors (Lipinski definition) is 5. The van der Waals surface area contributed by atoms with E-state index in [9.17, 15) is 0 Å². The Bertz CT molecular complexity index is 665. The Morgan fingerprint density at radius 2 is 2.00 bits per heavy atom. The van der Waals surface area contributed by atoms with Crippen LogP contribution in [0.15, 0.2) is 18.2 Å². The van der Waals surface area contributed by atoms with Crippen LogP contribution in [0.4, 0.5) is 5.82 Å². The number of anilines is 1. The lowest BCUT2D eigenvalue weighted by molar-refractivity contribution is 0.293. The van der Waals surface area contributed by atoms with Crippen LogP contribution in [0.5, 0.6) is 6.01 Å². The smallest absolute Gasteiger partial charge is 0.318 e. The third-order valence-corrected chi connectivity index (χ3v) is 4.19. The molecular weight excluding hydrogens is 288 g/mol. The highest BCUT2D eigenvalue weighted by Crippen LogP contribution is 2.33. The van der Waals surface area contributed by atoms with Gasteiger partial charge in [0.25, 0.3) is 0 Å². The van der Waals surface area contributed by atoms with Crippen molar-refractivity contribution in [1.82, 2.24) is 15.3 Å². The van der Waals surface area contributed by atoms with Crippen molar-refractivity contribution >= 4 is 16.7 Å². The average Bonchev–Trinajstić information content (AvgIpc) is 2.59. The summed E-state index contributed by atoms with van der Waals surface area (Å²) in [5.41, 5.74) is 2.28. The minimum atomic E-state index is 0.436. The molecule has 0 amide bonds. The Hall–Kier alpha value is -1.88. The molecule has 3 rings (SSSR count). The van der Waals surface area contributed by atoms with Gasteiger partial charge in [0.2, 0.25) is 0 Å². The Labute approximate surface area is 138 Å². The maximum atomic E-state index is 5.73. The Morgan fingerprint density at radius 1 is 1.22 bits per heavy atom. The molecule has 5 nitrogen and oxygen atoms in total. The second kappa shape index (κ2) is 7.13. The first-order valence-electron chi connectivity index (χ1n) is 8.59. The summed E-state index contributed by atoms with van der Waals surface area (Å²) in [5, 5.41) is 4.58. The summed E-state index contributed by atoms with van der Waals surface area (Å²) in [7, 11) is 0. The molecule has 1 aliphatic heterocycles. The zero-order valence-corrected chi connectivity index (χ0v) is 14.3. The summed E-state index contributed by atoms with van der Waals surface area (Å²) in [6.45, 7) is 11.1. The SMILES string of the molecule is CCCOc1nc(N2CCNCC2)c2c(C(C)C)cccc2n1. The van der Waals surface area contributed by atoms with Gasteiger partial charge in [0.1, 0.15) is 5.82 Å². The number of fused-ring (bicyclic) bond motifs is 1. The Kier molecular flexibility index (Phi) is 4.96. The number of benzene rings is 1. The molecule has 1 aliphatic rings. The molecule has 2 aromatic rings. The summed E-state index contributed by atoms with van der Waals surface area (Å²) >= 11 is 0. The molecule has 1 saturated heterocycles. The first-order chi connectivity index (χ1) is 11.2. The number of nitrogens with one attached hydrogen (secondary N) is 1. The Morgan fingerprint density at radius 3 is 2.70 bits per heavy atom. The van der Waals surface area contributed by atoms with E-state index in [1.54, 1.807) is 0 Å². The van der Waals surface area contributed by atoms with Gasteiger partial charge in [0.05, 0.1) is 12.1 Å². The highest BCUT2D eigenvalue weighted by Gasteiger charge is 2.20. The quantitative estimate of drug-likeness (QED) is 0.919. The second-order valence-electron chi connectivity index (χ2n) is 6.31. The van der Waals surface area contributed by atoms with Crippen molar-refractivity contribution in [3.05, 3.63) is 23.8 Å². The molecule has 0 atom stereocenters. The van der Waals surface area contributed by atoms with Gasteiger partial charge in [-0.3, -0.25) is 0 Å². The van der Waals surface area contributed by atoms with Crippen molar-refractivity contribution in [2.45, 2.75) is 33.1 Å². The molecule has 0 saturated carbocycles. The second-order valence-corrected chi connectivity index (χ2v) is 6.31. The van der Waals surface area contributed by atoms with Crippen molar-refractivity contribution < 1.29 is 4.74 Å². The van der Waals surface area contributed by atoms with Crippen molar-refractivity contribution in [1.29, 1.82) is 0 Å². The molecule has 0 bridgehead atoms. The third kappa shape index (κ3) is 3.39. The normalized spacial score (nSPS) is 15.4. The highest BCUT2D eigenvalue weighted by molar-refractivity contribution is 5.93. The number of rotatable bonds is 5. The van der Waals surface area contributed by atoms with Crippen LogP contribution < -0.4 is 15.0 Å². The molecule has 0 spiro atoms. The van der Waals surface area contributed by atoms with Crippen molar-refractivity contribution in [3.8, 4) is 6.01 Å². The lowest BCUT2D eigenvalue weighted by Crippen LogP contribution is -2.44. The number of piperazine rings is 1. The van der Waals surface area contributed by atoms with Gasteiger partial charge in [-0.2, -0.15) is 9.97 Å². The predicted octanol–water partition coefficient (Wildman–Crippen LogP) is 2.95. The molecule has 0 radical (unpaired) electrons. The average molecular weight is 314 g/mol. The summed E-state index contributed by atoms with van der Waals surface area (Å²) in [5.74, 6) is 1.46. The molecule has 1 fully saturated rings. The van der Waals surface area contributed by atoms with Crippen LogP contribution >= 0.6 is 0 Å². The van der Waals surface area contributed by atoms with Crippen LogP contribution in [0.2, 0.25) is 0 Å². The summed E-state index contributed by atoms with van der Waals surface area (Å²) in [6, 6.07) is 6.83. The van der Waals surface area contributed by atoms with Crippen LogP contribution in [-0.2, 0) is 0 Å².